The van der Waals surface area contributed by atoms with Crippen LogP contribution in [0.4, 0.5) is 5.69 Å². The number of hydrogen-bond acceptors (Lipinski definition) is 3. The molecule has 2 rings (SSSR count). The van der Waals surface area contributed by atoms with Gasteiger partial charge in [0.05, 0.1) is 10.0 Å². The molecule has 0 aromatic heterocycles. The number of rotatable bonds is 2. The van der Waals surface area contributed by atoms with E-state index in [0.29, 0.717) is 15.7 Å². The highest BCUT2D eigenvalue weighted by Crippen LogP contribution is 2.34. The van der Waals surface area contributed by atoms with Crippen molar-refractivity contribution in [2.75, 3.05) is 11.4 Å². The number of carbonyl (C=O) groups excluding carboxylic acids is 1. The van der Waals surface area contributed by atoms with Gasteiger partial charge < -0.3 is 4.90 Å². The monoisotopic (exact) mass is 341 g/mol. The van der Waals surface area contributed by atoms with Crippen molar-refractivity contribution in [3.8, 4) is 0 Å². The Morgan fingerprint density at radius 1 is 1.26 bits per heavy atom. The van der Waals surface area contributed by atoms with Gasteiger partial charge in [-0.3, -0.25) is 4.79 Å². The maximum absolute atomic E-state index is 11.9. The zero-order chi connectivity index (χ0) is 14.4. The van der Waals surface area contributed by atoms with E-state index in [0.717, 1.165) is 5.56 Å². The fourth-order valence-corrected chi connectivity index (χ4v) is 3.43. The molecule has 0 radical (unpaired) electrons. The smallest absolute Gasteiger partial charge is 0.237 e. The van der Waals surface area contributed by atoms with Crippen LogP contribution in [0.25, 0.3) is 0 Å². The van der Waals surface area contributed by atoms with Crippen molar-refractivity contribution in [2.24, 2.45) is 0 Å². The predicted octanol–water partition coefficient (Wildman–Crippen LogP) is 2.98. The maximum atomic E-state index is 11.9. The Morgan fingerprint density at radius 2 is 1.84 bits per heavy atom. The molecule has 1 atom stereocenters. The van der Waals surface area contributed by atoms with E-state index in [4.69, 9.17) is 33.9 Å². The predicted molar refractivity (Wildman–Crippen MR) is 76.7 cm³/mol. The van der Waals surface area contributed by atoms with E-state index in [9.17, 15) is 13.2 Å². The lowest BCUT2D eigenvalue weighted by molar-refractivity contribution is -0.117. The summed E-state index contributed by atoms with van der Waals surface area (Å²) in [5.41, 5.74) is 1.30. The normalized spacial score (nSPS) is 20.1. The number of anilines is 1. The van der Waals surface area contributed by atoms with Crippen LogP contribution in [-0.2, 0) is 13.8 Å². The van der Waals surface area contributed by atoms with Crippen LogP contribution in [0.5, 0.6) is 0 Å². The maximum Gasteiger partial charge on any atom is 0.237 e. The van der Waals surface area contributed by atoms with Crippen molar-refractivity contribution in [3.05, 3.63) is 27.7 Å². The van der Waals surface area contributed by atoms with Crippen LogP contribution in [0.2, 0.25) is 10.0 Å². The first-order valence-electron chi connectivity index (χ1n) is 5.39. The lowest BCUT2D eigenvalue weighted by Gasteiger charge is -2.19. The Bertz CT molecular complexity index is 645. The molecule has 1 aromatic rings. The van der Waals surface area contributed by atoms with E-state index in [1.54, 1.807) is 19.1 Å². The molecule has 1 aliphatic heterocycles. The minimum absolute atomic E-state index is 0.0312. The molecule has 1 heterocycles. The summed E-state index contributed by atoms with van der Waals surface area (Å²) in [6, 6.07) is 3.19. The number of aryl methyl sites for hydroxylation is 1. The molecule has 1 aromatic carbocycles. The molecule has 1 unspecified atom stereocenters. The fourth-order valence-electron chi connectivity index (χ4n) is 2.02. The van der Waals surface area contributed by atoms with Crippen molar-refractivity contribution in [2.45, 2.75) is 18.6 Å². The molecule has 104 valence electrons. The lowest BCUT2D eigenvalue weighted by Crippen LogP contribution is -2.27. The van der Waals surface area contributed by atoms with Gasteiger partial charge in [-0.1, -0.05) is 23.2 Å². The fraction of sp³-hybridized carbons (Fsp3) is 0.364. The summed E-state index contributed by atoms with van der Waals surface area (Å²) in [5.74, 6) is -0.296. The van der Waals surface area contributed by atoms with Crippen LogP contribution < -0.4 is 4.90 Å². The van der Waals surface area contributed by atoms with E-state index in [1.807, 2.05) is 0 Å². The van der Waals surface area contributed by atoms with Gasteiger partial charge in [-0.25, -0.2) is 8.42 Å². The second-order valence-electron chi connectivity index (χ2n) is 4.36. The highest BCUT2D eigenvalue weighted by atomic mass is 35.7. The van der Waals surface area contributed by atoms with Crippen LogP contribution in [0.3, 0.4) is 0 Å². The van der Waals surface area contributed by atoms with Gasteiger partial charge in [0.15, 0.2) is 0 Å². The van der Waals surface area contributed by atoms with Gasteiger partial charge in [0.2, 0.25) is 15.0 Å². The first kappa shape index (κ1) is 14.9. The Morgan fingerprint density at radius 3 is 2.37 bits per heavy atom. The van der Waals surface area contributed by atoms with Crippen molar-refractivity contribution >= 4 is 54.5 Å². The quantitative estimate of drug-likeness (QED) is 0.776. The largest absolute Gasteiger partial charge is 0.311 e. The standard InChI is InChI=1S/C11H10Cl3NO3S/c1-6-2-8(12)9(13)4-10(6)15-5-7(3-11(15)16)19(14,17)18/h2,4,7H,3,5H2,1H3. The van der Waals surface area contributed by atoms with Crippen LogP contribution >= 0.6 is 33.9 Å². The molecule has 1 saturated heterocycles. The highest BCUT2D eigenvalue weighted by Gasteiger charge is 2.38. The van der Waals surface area contributed by atoms with E-state index >= 15 is 0 Å². The Hall–Kier alpha value is -0.490. The van der Waals surface area contributed by atoms with Crippen LogP contribution in [0, 0.1) is 6.92 Å². The van der Waals surface area contributed by atoms with Crippen molar-refractivity contribution in [1.29, 1.82) is 0 Å². The molecule has 0 bridgehead atoms. The summed E-state index contributed by atoms with van der Waals surface area (Å²) >= 11 is 11.8. The average molecular weight is 343 g/mol. The molecule has 0 spiro atoms. The second-order valence-corrected chi connectivity index (χ2v) is 8.08. The third kappa shape index (κ3) is 2.99. The summed E-state index contributed by atoms with van der Waals surface area (Å²) in [4.78, 5) is 13.3. The molecule has 8 heteroatoms. The first-order valence-corrected chi connectivity index (χ1v) is 8.52. The van der Waals surface area contributed by atoms with Gasteiger partial charge in [0.25, 0.3) is 0 Å². The molecule has 1 aliphatic rings. The number of carbonyl (C=O) groups is 1. The number of hydrogen-bond donors (Lipinski definition) is 0. The minimum atomic E-state index is -3.76. The summed E-state index contributed by atoms with van der Waals surface area (Å²) < 4.78 is 22.6. The molecule has 0 N–H and O–H groups in total. The first-order chi connectivity index (χ1) is 8.70. The lowest BCUT2D eigenvalue weighted by atomic mass is 10.2. The van der Waals surface area contributed by atoms with E-state index < -0.39 is 14.3 Å². The topological polar surface area (TPSA) is 54.5 Å². The summed E-state index contributed by atoms with van der Waals surface area (Å²) in [6.07, 6.45) is -0.120. The summed E-state index contributed by atoms with van der Waals surface area (Å²) in [7, 11) is 1.54. The molecule has 1 fully saturated rings. The third-order valence-electron chi connectivity index (χ3n) is 3.02. The molecule has 4 nitrogen and oxygen atoms in total. The van der Waals surface area contributed by atoms with Gasteiger partial charge in [-0.15, -0.1) is 0 Å². The Labute approximate surface area is 125 Å². The molecule has 1 amide bonds. The van der Waals surface area contributed by atoms with E-state index in [1.165, 1.54) is 4.90 Å². The van der Waals surface area contributed by atoms with E-state index in [2.05, 4.69) is 0 Å². The van der Waals surface area contributed by atoms with Gasteiger partial charge in [0.1, 0.15) is 5.25 Å². The van der Waals surface area contributed by atoms with Crippen molar-refractivity contribution in [1.82, 2.24) is 0 Å². The molecule has 0 saturated carbocycles. The summed E-state index contributed by atoms with van der Waals surface area (Å²) in [6.45, 7) is 1.80. The zero-order valence-corrected chi connectivity index (χ0v) is 12.9. The number of halogens is 3. The van der Waals surface area contributed by atoms with Crippen molar-refractivity contribution in [3.63, 3.8) is 0 Å². The van der Waals surface area contributed by atoms with Gasteiger partial charge >= 0.3 is 0 Å². The summed E-state index contributed by atoms with van der Waals surface area (Å²) in [5, 5.41) is -0.196. The van der Waals surface area contributed by atoms with Gasteiger partial charge in [-0.05, 0) is 24.6 Å². The van der Waals surface area contributed by atoms with Crippen LogP contribution in [0.1, 0.15) is 12.0 Å². The number of benzene rings is 1. The molecular formula is C11H10Cl3NO3S. The molecule has 0 aliphatic carbocycles. The second kappa shape index (κ2) is 5.13. The zero-order valence-electron chi connectivity index (χ0n) is 9.86. The molecular weight excluding hydrogens is 333 g/mol. The van der Waals surface area contributed by atoms with E-state index in [-0.39, 0.29) is 18.9 Å². The minimum Gasteiger partial charge on any atom is -0.311 e. The number of amides is 1. The average Bonchev–Trinajstić information content (AvgIpc) is 2.65. The van der Waals surface area contributed by atoms with Gasteiger partial charge in [0, 0.05) is 29.3 Å². The van der Waals surface area contributed by atoms with Crippen LogP contribution in [-0.4, -0.2) is 26.1 Å². The highest BCUT2D eigenvalue weighted by molar-refractivity contribution is 8.14. The number of nitrogens with zero attached hydrogens (tertiary/aromatic N) is 1. The Kier molecular flexibility index (Phi) is 4.02. The molecule has 19 heavy (non-hydrogen) atoms. The SMILES string of the molecule is Cc1cc(Cl)c(Cl)cc1N1CC(S(=O)(=O)Cl)CC1=O. The van der Waals surface area contributed by atoms with Crippen molar-refractivity contribution < 1.29 is 13.2 Å². The third-order valence-corrected chi connectivity index (χ3v) is 5.61. The Balaban J connectivity index is 2.39. The van der Waals surface area contributed by atoms with Gasteiger partial charge in [-0.2, -0.15) is 0 Å². The van der Waals surface area contributed by atoms with Crippen LogP contribution in [0.15, 0.2) is 12.1 Å².